The third-order valence-corrected chi connectivity index (χ3v) is 0.911. The van der Waals surface area contributed by atoms with Gasteiger partial charge >= 0.3 is 0 Å². The van der Waals surface area contributed by atoms with Crippen LogP contribution in [0.15, 0.2) is 24.3 Å². The summed E-state index contributed by atoms with van der Waals surface area (Å²) in [6, 6.07) is 8.51. The summed E-state index contributed by atoms with van der Waals surface area (Å²) in [6.07, 6.45) is 0. The van der Waals surface area contributed by atoms with E-state index in [0.717, 1.165) is 0 Å². The molecule has 53 valence electrons. The molecule has 0 saturated heterocycles. The minimum absolute atomic E-state index is 0. The van der Waals surface area contributed by atoms with Gasteiger partial charge < -0.3 is 0 Å². The van der Waals surface area contributed by atoms with Gasteiger partial charge in [0, 0.05) is 12.1 Å². The van der Waals surface area contributed by atoms with Gasteiger partial charge in [-0.3, -0.25) is 10.1 Å². The van der Waals surface area contributed by atoms with Gasteiger partial charge in [0.15, 0.2) is 0 Å². The van der Waals surface area contributed by atoms with Crippen molar-refractivity contribution in [1.82, 2.24) is 0 Å². The number of nitro benzene ring substituents is 1. The van der Waals surface area contributed by atoms with Crippen LogP contribution in [0.3, 0.4) is 0 Å². The lowest BCUT2D eigenvalue weighted by Crippen LogP contribution is -1.84. The first kappa shape index (κ1) is 8.91. The Morgan fingerprint density at radius 1 is 1.40 bits per heavy atom. The summed E-state index contributed by atoms with van der Waals surface area (Å²) >= 11 is 0. The molecule has 0 aliphatic heterocycles. The maximum absolute atomic E-state index is 9.99. The molecule has 0 aromatic heterocycles. The maximum Gasteiger partial charge on any atom is 0.269 e. The molecule has 0 amide bonds. The average molecular weight is 159 g/mol. The van der Waals surface area contributed by atoms with Crippen molar-refractivity contribution in [3.8, 4) is 0 Å². The maximum atomic E-state index is 9.99. The SMILES string of the molecule is Cl.O=[N+]([O-])c1cc[c]cc1. The van der Waals surface area contributed by atoms with Crippen molar-refractivity contribution in [3.05, 3.63) is 40.4 Å². The first-order valence-corrected chi connectivity index (χ1v) is 2.41. The lowest BCUT2D eigenvalue weighted by Gasteiger charge is -1.84. The van der Waals surface area contributed by atoms with E-state index in [2.05, 4.69) is 6.07 Å². The summed E-state index contributed by atoms with van der Waals surface area (Å²) in [5.41, 5.74) is 0.105. The quantitative estimate of drug-likeness (QED) is 0.462. The number of rotatable bonds is 1. The number of non-ortho nitro benzene ring substituents is 1. The molecule has 0 saturated carbocycles. The normalized spacial score (nSPS) is 8.00. The Balaban J connectivity index is 0.000000810. The van der Waals surface area contributed by atoms with E-state index in [1.807, 2.05) is 0 Å². The van der Waals surface area contributed by atoms with Gasteiger partial charge in [0.2, 0.25) is 0 Å². The fourth-order valence-corrected chi connectivity index (χ4v) is 0.500. The largest absolute Gasteiger partial charge is 0.269 e. The van der Waals surface area contributed by atoms with Gasteiger partial charge in [0.1, 0.15) is 0 Å². The number of nitro groups is 1. The van der Waals surface area contributed by atoms with Gasteiger partial charge in [-0.15, -0.1) is 12.4 Å². The van der Waals surface area contributed by atoms with Gasteiger partial charge in [-0.05, 0) is 18.2 Å². The van der Waals surface area contributed by atoms with Crippen molar-refractivity contribution in [2.45, 2.75) is 0 Å². The van der Waals surface area contributed by atoms with E-state index in [0.29, 0.717) is 0 Å². The van der Waals surface area contributed by atoms with Crippen molar-refractivity contribution in [1.29, 1.82) is 0 Å². The van der Waals surface area contributed by atoms with Crippen molar-refractivity contribution in [3.63, 3.8) is 0 Å². The molecule has 0 bridgehead atoms. The van der Waals surface area contributed by atoms with Crippen LogP contribution < -0.4 is 0 Å². The molecule has 1 rings (SSSR count). The van der Waals surface area contributed by atoms with Gasteiger partial charge in [0.05, 0.1) is 4.92 Å². The zero-order chi connectivity index (χ0) is 6.69. The summed E-state index contributed by atoms with van der Waals surface area (Å²) in [6.45, 7) is 0. The van der Waals surface area contributed by atoms with Crippen LogP contribution in [0.4, 0.5) is 5.69 Å². The molecular weight excluding hydrogens is 154 g/mol. The minimum Gasteiger partial charge on any atom is -0.258 e. The van der Waals surface area contributed by atoms with Crippen LogP contribution in [-0.2, 0) is 0 Å². The van der Waals surface area contributed by atoms with E-state index in [9.17, 15) is 10.1 Å². The Morgan fingerprint density at radius 2 is 1.90 bits per heavy atom. The topological polar surface area (TPSA) is 43.1 Å². The summed E-state index contributed by atoms with van der Waals surface area (Å²) in [5, 5.41) is 9.99. The van der Waals surface area contributed by atoms with Crippen LogP contribution in [0, 0.1) is 16.2 Å². The molecule has 0 aliphatic carbocycles. The Morgan fingerprint density at radius 3 is 2.20 bits per heavy atom. The standard InChI is InChI=1S/C6H4NO2.ClH/c8-7(9)6-4-2-1-3-5-6;/h2-5H;1H. The third kappa shape index (κ3) is 2.03. The monoisotopic (exact) mass is 158 g/mol. The fraction of sp³-hybridized carbons (Fsp3) is 0. The number of hydrogen-bond donors (Lipinski definition) is 0. The molecule has 0 aliphatic rings. The van der Waals surface area contributed by atoms with Crippen molar-refractivity contribution >= 4 is 18.1 Å². The number of nitrogens with zero attached hydrogens (tertiary/aromatic N) is 1. The van der Waals surface area contributed by atoms with E-state index in [-0.39, 0.29) is 18.1 Å². The molecule has 0 unspecified atom stereocenters. The van der Waals surface area contributed by atoms with Crippen LogP contribution >= 0.6 is 12.4 Å². The fourth-order valence-electron chi connectivity index (χ4n) is 0.500. The van der Waals surface area contributed by atoms with E-state index in [1.54, 1.807) is 0 Å². The predicted octanol–water partition coefficient (Wildman–Crippen LogP) is 1.82. The zero-order valence-corrected chi connectivity index (χ0v) is 5.80. The lowest BCUT2D eigenvalue weighted by atomic mass is 10.3. The zero-order valence-electron chi connectivity index (χ0n) is 4.98. The Bertz CT molecular complexity index is 212. The molecule has 3 nitrogen and oxygen atoms in total. The Labute approximate surface area is 64.2 Å². The predicted molar refractivity (Wildman–Crippen MR) is 39.2 cm³/mol. The van der Waals surface area contributed by atoms with Crippen LogP contribution in [0.1, 0.15) is 0 Å². The van der Waals surface area contributed by atoms with Crippen LogP contribution in [-0.4, -0.2) is 4.92 Å². The highest BCUT2D eigenvalue weighted by molar-refractivity contribution is 5.85. The summed E-state index contributed by atoms with van der Waals surface area (Å²) in [4.78, 5) is 9.56. The molecule has 1 aromatic rings. The van der Waals surface area contributed by atoms with Crippen molar-refractivity contribution in [2.24, 2.45) is 0 Å². The third-order valence-electron chi connectivity index (χ3n) is 0.911. The van der Waals surface area contributed by atoms with E-state index < -0.39 is 4.92 Å². The average Bonchev–Trinajstić information content (AvgIpc) is 1.90. The van der Waals surface area contributed by atoms with E-state index in [4.69, 9.17) is 0 Å². The molecule has 1 aromatic carbocycles. The number of hydrogen-bond acceptors (Lipinski definition) is 2. The molecule has 0 fully saturated rings. The van der Waals surface area contributed by atoms with Crippen molar-refractivity contribution < 1.29 is 4.92 Å². The number of halogens is 1. The second-order valence-corrected chi connectivity index (χ2v) is 1.52. The summed E-state index contributed by atoms with van der Waals surface area (Å²) in [7, 11) is 0. The van der Waals surface area contributed by atoms with Gasteiger partial charge in [-0.1, -0.05) is 0 Å². The first-order valence-electron chi connectivity index (χ1n) is 2.41. The lowest BCUT2D eigenvalue weighted by molar-refractivity contribution is -0.384. The molecule has 1 radical (unpaired) electrons. The first-order chi connectivity index (χ1) is 4.30. The van der Waals surface area contributed by atoms with Crippen LogP contribution in [0.5, 0.6) is 0 Å². The smallest absolute Gasteiger partial charge is 0.258 e. The van der Waals surface area contributed by atoms with Gasteiger partial charge in [-0.2, -0.15) is 0 Å². The molecule has 4 heteroatoms. The summed E-state index contributed by atoms with van der Waals surface area (Å²) in [5.74, 6) is 0. The van der Waals surface area contributed by atoms with Gasteiger partial charge in [-0.25, -0.2) is 0 Å². The molecule has 0 atom stereocenters. The molecular formula is C6H5ClNO2. The van der Waals surface area contributed by atoms with E-state index in [1.165, 1.54) is 24.3 Å². The molecule has 0 heterocycles. The second kappa shape index (κ2) is 3.85. The highest BCUT2D eigenvalue weighted by Crippen LogP contribution is 2.06. The van der Waals surface area contributed by atoms with E-state index >= 15 is 0 Å². The molecule has 10 heavy (non-hydrogen) atoms. The Kier molecular flexibility index (Phi) is 3.43. The second-order valence-electron chi connectivity index (χ2n) is 1.52. The summed E-state index contributed by atoms with van der Waals surface area (Å²) < 4.78 is 0. The minimum atomic E-state index is -0.437. The van der Waals surface area contributed by atoms with Crippen LogP contribution in [0.25, 0.3) is 0 Å². The van der Waals surface area contributed by atoms with Crippen molar-refractivity contribution in [2.75, 3.05) is 0 Å². The highest BCUT2D eigenvalue weighted by atomic mass is 35.5. The molecule has 0 spiro atoms. The molecule has 0 N–H and O–H groups in total. The highest BCUT2D eigenvalue weighted by Gasteiger charge is 1.98. The number of benzene rings is 1. The van der Waals surface area contributed by atoms with Gasteiger partial charge in [0.25, 0.3) is 5.69 Å². The Hall–Kier alpha value is -1.09. The van der Waals surface area contributed by atoms with Crippen LogP contribution in [0.2, 0.25) is 0 Å².